The van der Waals surface area contributed by atoms with E-state index in [4.69, 9.17) is 11.6 Å². The Kier molecular flexibility index (Phi) is 5.69. The Bertz CT molecular complexity index is 736. The quantitative estimate of drug-likeness (QED) is 0.751. The van der Waals surface area contributed by atoms with Crippen molar-refractivity contribution in [3.05, 3.63) is 35.1 Å². The number of halogens is 1. The minimum absolute atomic E-state index is 0.174. The number of likely N-dealkylation sites (tertiary alicyclic amines) is 1. The molecule has 134 valence electrons. The molecule has 1 saturated heterocycles. The van der Waals surface area contributed by atoms with Crippen LogP contribution in [0, 0.1) is 6.92 Å². The van der Waals surface area contributed by atoms with Crippen LogP contribution in [0.25, 0.3) is 5.69 Å². The maximum atomic E-state index is 12.7. The summed E-state index contributed by atoms with van der Waals surface area (Å²) in [7, 11) is 0. The van der Waals surface area contributed by atoms with Crippen LogP contribution < -0.4 is 0 Å². The summed E-state index contributed by atoms with van der Waals surface area (Å²) in [4.78, 5) is 14.8. The van der Waals surface area contributed by atoms with Gasteiger partial charge in [-0.15, -0.1) is 10.2 Å². The molecule has 0 saturated carbocycles. The van der Waals surface area contributed by atoms with Gasteiger partial charge in [0.25, 0.3) is 0 Å². The van der Waals surface area contributed by atoms with Crippen molar-refractivity contribution in [2.45, 2.75) is 57.3 Å². The largest absolute Gasteiger partial charge is 0.337 e. The zero-order chi connectivity index (χ0) is 18.0. The Hall–Kier alpha value is -1.53. The van der Waals surface area contributed by atoms with E-state index in [1.54, 1.807) is 0 Å². The number of carbonyl (C=O) groups is 1. The molecule has 2 atom stereocenters. The van der Waals surface area contributed by atoms with E-state index in [0.717, 1.165) is 29.5 Å². The minimum atomic E-state index is 0.174. The van der Waals surface area contributed by atoms with Gasteiger partial charge in [-0.2, -0.15) is 0 Å². The molecule has 0 N–H and O–H groups in total. The summed E-state index contributed by atoms with van der Waals surface area (Å²) in [5, 5.41) is 9.83. The average Bonchev–Trinajstić information content (AvgIpc) is 2.94. The second-order valence-electron chi connectivity index (χ2n) is 6.56. The molecule has 25 heavy (non-hydrogen) atoms. The summed E-state index contributed by atoms with van der Waals surface area (Å²) in [6.45, 7) is 6.18. The first kappa shape index (κ1) is 18.3. The van der Waals surface area contributed by atoms with Gasteiger partial charge < -0.3 is 4.90 Å². The number of thioether (sulfide) groups is 1. The normalized spacial score (nSPS) is 20.7. The van der Waals surface area contributed by atoms with Gasteiger partial charge in [0.05, 0.1) is 5.75 Å². The first-order valence-corrected chi connectivity index (χ1v) is 9.95. The fourth-order valence-corrected chi connectivity index (χ4v) is 4.43. The molecule has 2 aromatic rings. The highest BCUT2D eigenvalue weighted by Crippen LogP contribution is 2.26. The number of carbonyl (C=O) groups excluding carboxylic acids is 1. The maximum absolute atomic E-state index is 12.7. The van der Waals surface area contributed by atoms with E-state index >= 15 is 0 Å². The molecule has 0 bridgehead atoms. The van der Waals surface area contributed by atoms with Crippen molar-refractivity contribution in [3.8, 4) is 5.69 Å². The molecule has 0 radical (unpaired) electrons. The Labute approximate surface area is 157 Å². The Morgan fingerprint density at radius 1 is 1.20 bits per heavy atom. The van der Waals surface area contributed by atoms with E-state index in [9.17, 15) is 4.79 Å². The molecule has 1 aliphatic rings. The highest BCUT2D eigenvalue weighted by Gasteiger charge is 2.29. The van der Waals surface area contributed by atoms with Gasteiger partial charge in [-0.05, 0) is 64.3 Å². The van der Waals surface area contributed by atoms with Gasteiger partial charge in [-0.25, -0.2) is 0 Å². The topological polar surface area (TPSA) is 51.0 Å². The van der Waals surface area contributed by atoms with E-state index in [2.05, 4.69) is 24.0 Å². The first-order chi connectivity index (χ1) is 12.0. The highest BCUT2D eigenvalue weighted by molar-refractivity contribution is 7.99. The lowest BCUT2D eigenvalue weighted by atomic mass is 9.98. The van der Waals surface area contributed by atoms with Crippen LogP contribution in [0.1, 0.15) is 38.9 Å². The number of aromatic nitrogens is 3. The molecule has 1 fully saturated rings. The lowest BCUT2D eigenvalue weighted by Crippen LogP contribution is -2.48. The van der Waals surface area contributed by atoms with Crippen molar-refractivity contribution in [1.29, 1.82) is 0 Å². The van der Waals surface area contributed by atoms with Crippen molar-refractivity contribution in [2.75, 3.05) is 5.75 Å². The maximum Gasteiger partial charge on any atom is 0.233 e. The summed E-state index contributed by atoms with van der Waals surface area (Å²) in [6.07, 6.45) is 3.37. The molecular weight excluding hydrogens is 356 g/mol. The number of hydrogen-bond donors (Lipinski definition) is 0. The van der Waals surface area contributed by atoms with E-state index in [1.807, 2.05) is 40.7 Å². The lowest BCUT2D eigenvalue weighted by molar-refractivity contribution is -0.134. The second kappa shape index (κ2) is 7.79. The molecule has 1 aliphatic heterocycles. The van der Waals surface area contributed by atoms with Gasteiger partial charge in [0.15, 0.2) is 5.16 Å². The molecule has 0 aliphatic carbocycles. The van der Waals surface area contributed by atoms with Crippen LogP contribution in [0.15, 0.2) is 29.4 Å². The molecule has 1 aromatic carbocycles. The summed E-state index contributed by atoms with van der Waals surface area (Å²) >= 11 is 7.41. The van der Waals surface area contributed by atoms with Gasteiger partial charge in [-0.3, -0.25) is 9.36 Å². The number of aryl methyl sites for hydroxylation is 1. The summed E-state index contributed by atoms with van der Waals surface area (Å²) in [5.41, 5.74) is 0.946. The molecule has 7 heteroatoms. The highest BCUT2D eigenvalue weighted by atomic mass is 35.5. The Morgan fingerprint density at radius 2 is 1.84 bits per heavy atom. The number of nitrogens with zero attached hydrogens (tertiary/aromatic N) is 4. The molecular formula is C18H23ClN4OS. The van der Waals surface area contributed by atoms with Crippen molar-refractivity contribution < 1.29 is 4.79 Å². The fourth-order valence-electron chi connectivity index (χ4n) is 3.44. The minimum Gasteiger partial charge on any atom is -0.337 e. The first-order valence-electron chi connectivity index (χ1n) is 8.59. The third-order valence-corrected chi connectivity index (χ3v) is 5.85. The lowest BCUT2D eigenvalue weighted by Gasteiger charge is -2.39. The SMILES string of the molecule is Cc1nnc(SCC(=O)N2C(C)CCCC2C)n1-c1ccc(Cl)cc1. The smallest absolute Gasteiger partial charge is 0.233 e. The monoisotopic (exact) mass is 378 g/mol. The van der Waals surface area contributed by atoms with Crippen LogP contribution in [0.3, 0.4) is 0 Å². The average molecular weight is 379 g/mol. The standard InChI is InChI=1S/C18H23ClN4OS/c1-12-5-4-6-13(2)22(12)17(24)11-25-18-21-20-14(3)23(18)16-9-7-15(19)8-10-16/h7-10,12-13H,4-6,11H2,1-3H3. The van der Waals surface area contributed by atoms with Gasteiger partial charge in [0.2, 0.25) is 5.91 Å². The third kappa shape index (κ3) is 4.01. The number of benzene rings is 1. The Balaban J connectivity index is 1.74. The summed E-state index contributed by atoms with van der Waals surface area (Å²) < 4.78 is 1.96. The van der Waals surface area contributed by atoms with Gasteiger partial charge in [0.1, 0.15) is 5.82 Å². The van der Waals surface area contributed by atoms with Crippen molar-refractivity contribution in [3.63, 3.8) is 0 Å². The molecule has 5 nitrogen and oxygen atoms in total. The van der Waals surface area contributed by atoms with E-state index < -0.39 is 0 Å². The number of piperidine rings is 1. The third-order valence-electron chi connectivity index (χ3n) is 4.69. The van der Waals surface area contributed by atoms with Crippen LogP contribution in [-0.2, 0) is 4.79 Å². The van der Waals surface area contributed by atoms with Crippen LogP contribution in [0.2, 0.25) is 5.02 Å². The molecule has 0 spiro atoms. The zero-order valence-corrected chi connectivity index (χ0v) is 16.3. The van der Waals surface area contributed by atoms with Gasteiger partial charge in [0, 0.05) is 22.8 Å². The van der Waals surface area contributed by atoms with E-state index in [-0.39, 0.29) is 5.91 Å². The summed E-state index contributed by atoms with van der Waals surface area (Å²) in [6, 6.07) is 8.17. The second-order valence-corrected chi connectivity index (χ2v) is 7.94. The fraction of sp³-hybridized carbons (Fsp3) is 0.500. The van der Waals surface area contributed by atoms with Gasteiger partial charge in [-0.1, -0.05) is 23.4 Å². The van der Waals surface area contributed by atoms with E-state index in [1.165, 1.54) is 18.2 Å². The predicted octanol–water partition coefficient (Wildman–Crippen LogP) is 4.11. The van der Waals surface area contributed by atoms with Crippen LogP contribution in [-0.4, -0.2) is 43.4 Å². The summed E-state index contributed by atoms with van der Waals surface area (Å²) in [5.74, 6) is 1.34. The predicted molar refractivity (Wildman–Crippen MR) is 101 cm³/mol. The number of amides is 1. The van der Waals surface area contributed by atoms with Crippen LogP contribution >= 0.6 is 23.4 Å². The van der Waals surface area contributed by atoms with Crippen LogP contribution in [0.5, 0.6) is 0 Å². The van der Waals surface area contributed by atoms with Crippen molar-refractivity contribution in [1.82, 2.24) is 19.7 Å². The van der Waals surface area contributed by atoms with Gasteiger partial charge >= 0.3 is 0 Å². The molecule has 1 aromatic heterocycles. The van der Waals surface area contributed by atoms with E-state index in [0.29, 0.717) is 22.9 Å². The molecule has 2 heterocycles. The van der Waals surface area contributed by atoms with Crippen molar-refractivity contribution >= 4 is 29.3 Å². The molecule has 2 unspecified atom stereocenters. The van der Waals surface area contributed by atoms with Crippen molar-refractivity contribution in [2.24, 2.45) is 0 Å². The number of rotatable bonds is 4. The van der Waals surface area contributed by atoms with Crippen LogP contribution in [0.4, 0.5) is 0 Å². The zero-order valence-electron chi connectivity index (χ0n) is 14.8. The number of hydrogen-bond acceptors (Lipinski definition) is 4. The molecule has 3 rings (SSSR count). The molecule has 1 amide bonds. The Morgan fingerprint density at radius 3 is 2.48 bits per heavy atom.